The Balaban J connectivity index is 2.04. The standard InChI is InChI=1S/C15H19N3O3/c1-11(2)18-14(20)13(19)17(15(18)21)10-16(3)9-12-7-5-4-6-8-12/h4-8,11H,9-10H2,1-3H3. The van der Waals surface area contributed by atoms with E-state index < -0.39 is 17.8 Å². The van der Waals surface area contributed by atoms with Crippen molar-refractivity contribution in [3.8, 4) is 0 Å². The highest BCUT2D eigenvalue weighted by Gasteiger charge is 2.45. The molecule has 1 fully saturated rings. The van der Waals surface area contributed by atoms with Crippen LogP contribution in [0.25, 0.3) is 0 Å². The lowest BCUT2D eigenvalue weighted by molar-refractivity contribution is -0.144. The maximum atomic E-state index is 12.1. The van der Waals surface area contributed by atoms with Crippen LogP contribution < -0.4 is 0 Å². The Morgan fingerprint density at radius 2 is 1.67 bits per heavy atom. The summed E-state index contributed by atoms with van der Waals surface area (Å²) in [5.41, 5.74) is 1.08. The number of nitrogens with zero attached hydrogens (tertiary/aromatic N) is 3. The number of carbonyl (C=O) groups is 3. The van der Waals surface area contributed by atoms with Gasteiger partial charge in [0, 0.05) is 12.6 Å². The van der Waals surface area contributed by atoms with Gasteiger partial charge in [-0.2, -0.15) is 0 Å². The fourth-order valence-corrected chi connectivity index (χ4v) is 2.29. The van der Waals surface area contributed by atoms with E-state index in [2.05, 4.69) is 0 Å². The minimum atomic E-state index is -0.756. The lowest BCUT2D eigenvalue weighted by Gasteiger charge is -2.23. The van der Waals surface area contributed by atoms with Gasteiger partial charge in [0.2, 0.25) is 0 Å². The van der Waals surface area contributed by atoms with Crippen LogP contribution in [0.3, 0.4) is 0 Å². The second-order valence-electron chi connectivity index (χ2n) is 5.43. The summed E-state index contributed by atoms with van der Waals surface area (Å²) in [5.74, 6) is -1.50. The first-order chi connectivity index (χ1) is 9.91. The van der Waals surface area contributed by atoms with Crippen molar-refractivity contribution >= 4 is 17.8 Å². The third-order valence-corrected chi connectivity index (χ3v) is 3.28. The van der Waals surface area contributed by atoms with Crippen molar-refractivity contribution in [2.24, 2.45) is 0 Å². The highest BCUT2D eigenvalue weighted by molar-refractivity contribution is 6.44. The van der Waals surface area contributed by atoms with E-state index in [9.17, 15) is 14.4 Å². The average molecular weight is 289 g/mol. The molecule has 0 N–H and O–H groups in total. The molecule has 0 bridgehead atoms. The minimum absolute atomic E-state index is 0.0987. The van der Waals surface area contributed by atoms with Crippen molar-refractivity contribution in [1.82, 2.24) is 14.7 Å². The molecule has 0 spiro atoms. The maximum Gasteiger partial charge on any atom is 0.335 e. The van der Waals surface area contributed by atoms with E-state index in [1.807, 2.05) is 35.2 Å². The number of urea groups is 1. The molecular weight excluding hydrogens is 270 g/mol. The largest absolute Gasteiger partial charge is 0.335 e. The van der Waals surface area contributed by atoms with Gasteiger partial charge in [-0.3, -0.25) is 19.4 Å². The summed E-state index contributed by atoms with van der Waals surface area (Å²) in [5, 5.41) is 0. The molecule has 0 unspecified atom stereocenters. The number of carbonyl (C=O) groups excluding carboxylic acids is 3. The molecule has 1 aliphatic rings. The van der Waals surface area contributed by atoms with Gasteiger partial charge in [-0.15, -0.1) is 0 Å². The monoisotopic (exact) mass is 289 g/mol. The van der Waals surface area contributed by atoms with Crippen LogP contribution in [0, 0.1) is 0 Å². The fraction of sp³-hybridized carbons (Fsp3) is 0.400. The molecule has 1 aromatic rings. The molecule has 1 aliphatic heterocycles. The first-order valence-electron chi connectivity index (χ1n) is 6.83. The van der Waals surface area contributed by atoms with Gasteiger partial charge < -0.3 is 0 Å². The Labute approximate surface area is 123 Å². The normalized spacial score (nSPS) is 15.8. The second kappa shape index (κ2) is 6.05. The molecule has 1 saturated heterocycles. The van der Waals surface area contributed by atoms with E-state index >= 15 is 0 Å². The Kier molecular flexibility index (Phi) is 4.37. The van der Waals surface area contributed by atoms with Crippen LogP contribution in [-0.2, 0) is 16.1 Å². The summed E-state index contributed by atoms with van der Waals surface area (Å²) in [6.07, 6.45) is 0. The van der Waals surface area contributed by atoms with Crippen LogP contribution in [-0.4, -0.2) is 52.3 Å². The summed E-state index contributed by atoms with van der Waals surface area (Å²) < 4.78 is 0. The average Bonchev–Trinajstić information content (AvgIpc) is 2.64. The second-order valence-corrected chi connectivity index (χ2v) is 5.43. The Bertz CT molecular complexity index is 557. The van der Waals surface area contributed by atoms with E-state index in [0.717, 1.165) is 15.4 Å². The van der Waals surface area contributed by atoms with Crippen molar-refractivity contribution in [3.05, 3.63) is 35.9 Å². The Morgan fingerprint density at radius 3 is 2.19 bits per heavy atom. The molecule has 21 heavy (non-hydrogen) atoms. The molecule has 4 amide bonds. The summed E-state index contributed by atoms with van der Waals surface area (Å²) in [6.45, 7) is 4.11. The molecule has 0 atom stereocenters. The van der Waals surface area contributed by atoms with Gasteiger partial charge in [0.15, 0.2) is 0 Å². The number of hydrogen-bond donors (Lipinski definition) is 0. The number of imide groups is 2. The van der Waals surface area contributed by atoms with Gasteiger partial charge in [-0.05, 0) is 26.5 Å². The molecule has 0 aliphatic carbocycles. The molecule has 6 heteroatoms. The zero-order valence-electron chi connectivity index (χ0n) is 12.4. The van der Waals surface area contributed by atoms with Crippen LogP contribution in [0.4, 0.5) is 4.79 Å². The van der Waals surface area contributed by atoms with Gasteiger partial charge in [0.05, 0.1) is 6.67 Å². The zero-order valence-corrected chi connectivity index (χ0v) is 12.4. The number of amides is 4. The summed E-state index contributed by atoms with van der Waals surface area (Å²) in [7, 11) is 1.80. The topological polar surface area (TPSA) is 60.9 Å². The van der Waals surface area contributed by atoms with Gasteiger partial charge in [-0.25, -0.2) is 9.69 Å². The molecule has 0 aromatic heterocycles. The lowest BCUT2D eigenvalue weighted by atomic mass is 10.2. The molecule has 1 heterocycles. The number of rotatable bonds is 5. The lowest BCUT2D eigenvalue weighted by Crippen LogP contribution is -2.41. The van der Waals surface area contributed by atoms with Crippen molar-refractivity contribution in [2.45, 2.75) is 26.4 Å². The third-order valence-electron chi connectivity index (χ3n) is 3.28. The first-order valence-corrected chi connectivity index (χ1v) is 6.83. The highest BCUT2D eigenvalue weighted by Crippen LogP contribution is 2.16. The van der Waals surface area contributed by atoms with E-state index in [-0.39, 0.29) is 12.7 Å². The molecule has 0 saturated carbocycles. The van der Waals surface area contributed by atoms with E-state index in [1.165, 1.54) is 0 Å². The summed E-state index contributed by atoms with van der Waals surface area (Å²) in [6, 6.07) is 8.86. The minimum Gasteiger partial charge on any atom is -0.284 e. The predicted molar refractivity (Wildman–Crippen MR) is 77.0 cm³/mol. The van der Waals surface area contributed by atoms with Crippen LogP contribution >= 0.6 is 0 Å². The van der Waals surface area contributed by atoms with Crippen molar-refractivity contribution in [2.75, 3.05) is 13.7 Å². The molecular formula is C15H19N3O3. The smallest absolute Gasteiger partial charge is 0.284 e. The zero-order chi connectivity index (χ0) is 15.6. The first kappa shape index (κ1) is 15.2. The van der Waals surface area contributed by atoms with Crippen LogP contribution in [0.2, 0.25) is 0 Å². The van der Waals surface area contributed by atoms with E-state index in [0.29, 0.717) is 6.54 Å². The summed E-state index contributed by atoms with van der Waals surface area (Å²) in [4.78, 5) is 39.7. The predicted octanol–water partition coefficient (Wildman–Crippen LogP) is 1.28. The summed E-state index contributed by atoms with van der Waals surface area (Å²) >= 11 is 0. The van der Waals surface area contributed by atoms with Gasteiger partial charge in [0.25, 0.3) is 0 Å². The SMILES string of the molecule is CC(C)N1C(=O)C(=O)N(CN(C)Cc2ccccc2)C1=O. The van der Waals surface area contributed by atoms with Gasteiger partial charge in [-0.1, -0.05) is 30.3 Å². The molecule has 6 nitrogen and oxygen atoms in total. The van der Waals surface area contributed by atoms with E-state index in [4.69, 9.17) is 0 Å². The Hall–Kier alpha value is -2.21. The molecule has 112 valence electrons. The van der Waals surface area contributed by atoms with Crippen molar-refractivity contribution in [1.29, 1.82) is 0 Å². The van der Waals surface area contributed by atoms with Gasteiger partial charge in [0.1, 0.15) is 0 Å². The molecule has 0 radical (unpaired) electrons. The number of benzene rings is 1. The van der Waals surface area contributed by atoms with Crippen LogP contribution in [0.1, 0.15) is 19.4 Å². The van der Waals surface area contributed by atoms with Crippen LogP contribution in [0.15, 0.2) is 30.3 Å². The van der Waals surface area contributed by atoms with Crippen molar-refractivity contribution < 1.29 is 14.4 Å². The molecule has 2 rings (SSSR count). The fourth-order valence-electron chi connectivity index (χ4n) is 2.29. The van der Waals surface area contributed by atoms with Crippen LogP contribution in [0.5, 0.6) is 0 Å². The quantitative estimate of drug-likeness (QED) is 0.605. The van der Waals surface area contributed by atoms with Crippen molar-refractivity contribution in [3.63, 3.8) is 0 Å². The number of hydrogen-bond acceptors (Lipinski definition) is 4. The van der Waals surface area contributed by atoms with Gasteiger partial charge >= 0.3 is 17.8 Å². The van der Waals surface area contributed by atoms with E-state index in [1.54, 1.807) is 20.9 Å². The maximum absolute atomic E-state index is 12.1. The highest BCUT2D eigenvalue weighted by atomic mass is 16.2. The third kappa shape index (κ3) is 3.11. The Morgan fingerprint density at radius 1 is 1.05 bits per heavy atom. The molecule has 1 aromatic carbocycles.